The SMILES string of the molecule is CCN(CCOc1ccccc1N)C1CCCCC1. The minimum atomic E-state index is 0.721. The molecule has 106 valence electrons. The average Bonchev–Trinajstić information content (AvgIpc) is 2.46. The number of ether oxygens (including phenoxy) is 1. The molecule has 1 fully saturated rings. The largest absolute Gasteiger partial charge is 0.490 e. The third kappa shape index (κ3) is 4.13. The number of hydrogen-bond acceptors (Lipinski definition) is 3. The number of likely N-dealkylation sites (N-methyl/N-ethyl adjacent to an activating group) is 1. The zero-order valence-electron chi connectivity index (χ0n) is 12.0. The van der Waals surface area contributed by atoms with Crippen LogP contribution in [0.3, 0.4) is 0 Å². The van der Waals surface area contributed by atoms with E-state index < -0.39 is 0 Å². The predicted octanol–water partition coefficient (Wildman–Crippen LogP) is 3.30. The van der Waals surface area contributed by atoms with Gasteiger partial charge >= 0.3 is 0 Å². The Labute approximate surface area is 116 Å². The highest BCUT2D eigenvalue weighted by molar-refractivity contribution is 5.51. The topological polar surface area (TPSA) is 38.5 Å². The van der Waals surface area contributed by atoms with Gasteiger partial charge in [-0.25, -0.2) is 0 Å². The van der Waals surface area contributed by atoms with E-state index in [1.807, 2.05) is 24.3 Å². The molecule has 1 aliphatic carbocycles. The van der Waals surface area contributed by atoms with Crippen LogP contribution in [0.2, 0.25) is 0 Å². The van der Waals surface area contributed by atoms with Crippen molar-refractivity contribution < 1.29 is 4.74 Å². The van der Waals surface area contributed by atoms with E-state index >= 15 is 0 Å². The quantitative estimate of drug-likeness (QED) is 0.799. The third-order valence-electron chi connectivity index (χ3n) is 4.05. The standard InChI is InChI=1S/C16H26N2O/c1-2-18(14-8-4-3-5-9-14)12-13-19-16-11-7-6-10-15(16)17/h6-7,10-11,14H,2-5,8-9,12-13,17H2,1H3. The molecule has 0 aromatic heterocycles. The van der Waals surface area contributed by atoms with Crippen LogP contribution in [0.1, 0.15) is 39.0 Å². The van der Waals surface area contributed by atoms with Gasteiger partial charge < -0.3 is 10.5 Å². The van der Waals surface area contributed by atoms with Gasteiger partial charge in [0, 0.05) is 12.6 Å². The summed E-state index contributed by atoms with van der Waals surface area (Å²) in [6.07, 6.45) is 6.87. The average molecular weight is 262 g/mol. The van der Waals surface area contributed by atoms with Crippen molar-refractivity contribution in [3.63, 3.8) is 0 Å². The van der Waals surface area contributed by atoms with Gasteiger partial charge in [-0.2, -0.15) is 0 Å². The van der Waals surface area contributed by atoms with Gasteiger partial charge in [0.05, 0.1) is 5.69 Å². The Bertz CT molecular complexity index is 375. The smallest absolute Gasteiger partial charge is 0.142 e. The van der Waals surface area contributed by atoms with Crippen LogP contribution in [0.15, 0.2) is 24.3 Å². The lowest BCUT2D eigenvalue weighted by Crippen LogP contribution is -2.39. The Morgan fingerprint density at radius 1 is 1.21 bits per heavy atom. The first-order chi connectivity index (χ1) is 9.31. The van der Waals surface area contributed by atoms with E-state index in [1.165, 1.54) is 32.1 Å². The number of anilines is 1. The summed E-state index contributed by atoms with van der Waals surface area (Å²) in [4.78, 5) is 2.55. The molecule has 0 radical (unpaired) electrons. The first-order valence-corrected chi connectivity index (χ1v) is 7.52. The summed E-state index contributed by atoms with van der Waals surface area (Å²) >= 11 is 0. The van der Waals surface area contributed by atoms with Crippen molar-refractivity contribution in [2.24, 2.45) is 0 Å². The van der Waals surface area contributed by atoms with Crippen molar-refractivity contribution >= 4 is 5.69 Å². The lowest BCUT2D eigenvalue weighted by Gasteiger charge is -2.33. The summed E-state index contributed by atoms with van der Waals surface area (Å²) in [7, 11) is 0. The van der Waals surface area contributed by atoms with Gasteiger partial charge in [-0.05, 0) is 31.5 Å². The van der Waals surface area contributed by atoms with Crippen molar-refractivity contribution in [3.8, 4) is 5.75 Å². The van der Waals surface area contributed by atoms with Gasteiger partial charge in [-0.1, -0.05) is 38.3 Å². The molecule has 2 rings (SSSR count). The minimum absolute atomic E-state index is 0.721. The summed E-state index contributed by atoms with van der Waals surface area (Å²) in [5.41, 5.74) is 6.60. The molecule has 0 spiro atoms. The summed E-state index contributed by atoms with van der Waals surface area (Å²) in [5, 5.41) is 0. The summed E-state index contributed by atoms with van der Waals surface area (Å²) < 4.78 is 5.79. The third-order valence-corrected chi connectivity index (χ3v) is 4.05. The molecule has 3 heteroatoms. The number of rotatable bonds is 6. The van der Waals surface area contributed by atoms with Crippen molar-refractivity contribution in [2.45, 2.75) is 45.1 Å². The van der Waals surface area contributed by atoms with E-state index in [0.29, 0.717) is 0 Å². The van der Waals surface area contributed by atoms with E-state index in [2.05, 4.69) is 11.8 Å². The van der Waals surface area contributed by atoms with E-state index in [1.54, 1.807) is 0 Å². The molecule has 1 aromatic rings. The summed E-state index contributed by atoms with van der Waals surface area (Å²) in [6.45, 7) is 5.07. The monoisotopic (exact) mass is 262 g/mol. The fourth-order valence-corrected chi connectivity index (χ4v) is 2.93. The number of nitrogens with zero attached hydrogens (tertiary/aromatic N) is 1. The molecule has 0 atom stereocenters. The number of benzene rings is 1. The molecule has 2 N–H and O–H groups in total. The van der Waals surface area contributed by atoms with Crippen LogP contribution in [-0.4, -0.2) is 30.6 Å². The lowest BCUT2D eigenvalue weighted by molar-refractivity contribution is 0.137. The van der Waals surface area contributed by atoms with Crippen LogP contribution in [0.4, 0.5) is 5.69 Å². The minimum Gasteiger partial charge on any atom is -0.490 e. The number of nitrogen functional groups attached to an aromatic ring is 1. The molecule has 19 heavy (non-hydrogen) atoms. The zero-order valence-corrected chi connectivity index (χ0v) is 12.0. The molecule has 0 unspecified atom stereocenters. The first kappa shape index (κ1) is 14.2. The van der Waals surface area contributed by atoms with Gasteiger partial charge in [0.2, 0.25) is 0 Å². The highest BCUT2D eigenvalue weighted by Crippen LogP contribution is 2.23. The maximum Gasteiger partial charge on any atom is 0.142 e. The van der Waals surface area contributed by atoms with Crippen molar-refractivity contribution in [1.82, 2.24) is 4.90 Å². The van der Waals surface area contributed by atoms with Crippen LogP contribution in [-0.2, 0) is 0 Å². The van der Waals surface area contributed by atoms with Gasteiger partial charge in [0.15, 0.2) is 0 Å². The molecule has 0 saturated heterocycles. The Balaban J connectivity index is 1.78. The fourth-order valence-electron chi connectivity index (χ4n) is 2.93. The molecule has 0 heterocycles. The number of para-hydroxylation sites is 2. The zero-order chi connectivity index (χ0) is 13.5. The van der Waals surface area contributed by atoms with Crippen LogP contribution in [0, 0.1) is 0 Å². The van der Waals surface area contributed by atoms with Crippen LogP contribution >= 0.6 is 0 Å². The summed E-state index contributed by atoms with van der Waals surface area (Å²) in [5.74, 6) is 0.808. The normalized spacial score (nSPS) is 16.7. The van der Waals surface area contributed by atoms with Crippen molar-refractivity contribution in [2.75, 3.05) is 25.4 Å². The Kier molecular flexibility index (Phi) is 5.52. The van der Waals surface area contributed by atoms with Gasteiger partial charge in [0.25, 0.3) is 0 Å². The predicted molar refractivity (Wildman–Crippen MR) is 80.5 cm³/mol. The van der Waals surface area contributed by atoms with E-state index in [-0.39, 0.29) is 0 Å². The molecular weight excluding hydrogens is 236 g/mol. The molecule has 1 aromatic carbocycles. The van der Waals surface area contributed by atoms with Crippen molar-refractivity contribution in [1.29, 1.82) is 0 Å². The number of hydrogen-bond donors (Lipinski definition) is 1. The molecule has 1 aliphatic rings. The fraction of sp³-hybridized carbons (Fsp3) is 0.625. The molecular formula is C16H26N2O. The summed E-state index contributed by atoms with van der Waals surface area (Å²) in [6, 6.07) is 8.48. The second-order valence-corrected chi connectivity index (χ2v) is 5.31. The highest BCUT2D eigenvalue weighted by atomic mass is 16.5. The maximum absolute atomic E-state index is 5.87. The van der Waals surface area contributed by atoms with E-state index in [4.69, 9.17) is 10.5 Å². The lowest BCUT2D eigenvalue weighted by atomic mass is 9.94. The molecule has 0 bridgehead atoms. The van der Waals surface area contributed by atoms with E-state index in [0.717, 1.165) is 37.2 Å². The van der Waals surface area contributed by atoms with Gasteiger partial charge in [-0.15, -0.1) is 0 Å². The molecule has 1 saturated carbocycles. The Hall–Kier alpha value is -1.22. The Morgan fingerprint density at radius 2 is 1.95 bits per heavy atom. The molecule has 0 amide bonds. The number of nitrogens with two attached hydrogens (primary N) is 1. The Morgan fingerprint density at radius 3 is 2.63 bits per heavy atom. The maximum atomic E-state index is 5.87. The second-order valence-electron chi connectivity index (χ2n) is 5.31. The van der Waals surface area contributed by atoms with Crippen LogP contribution in [0.5, 0.6) is 5.75 Å². The molecule has 3 nitrogen and oxygen atoms in total. The molecule has 0 aliphatic heterocycles. The first-order valence-electron chi connectivity index (χ1n) is 7.52. The van der Waals surface area contributed by atoms with Crippen molar-refractivity contribution in [3.05, 3.63) is 24.3 Å². The highest BCUT2D eigenvalue weighted by Gasteiger charge is 2.19. The van der Waals surface area contributed by atoms with Crippen LogP contribution < -0.4 is 10.5 Å². The van der Waals surface area contributed by atoms with Gasteiger partial charge in [-0.3, -0.25) is 4.90 Å². The van der Waals surface area contributed by atoms with Gasteiger partial charge in [0.1, 0.15) is 12.4 Å². The van der Waals surface area contributed by atoms with Crippen LogP contribution in [0.25, 0.3) is 0 Å². The second kappa shape index (κ2) is 7.39. The van der Waals surface area contributed by atoms with E-state index in [9.17, 15) is 0 Å².